The quantitative estimate of drug-likeness (QED) is 0.281. The Balaban J connectivity index is 2.03. The summed E-state index contributed by atoms with van der Waals surface area (Å²) in [4.78, 5) is 30.0. The number of nitrogens with one attached hydrogen (secondary N) is 1. The van der Waals surface area contributed by atoms with Crippen LogP contribution in [0.2, 0.25) is 0 Å². The van der Waals surface area contributed by atoms with E-state index in [0.717, 1.165) is 33.3 Å². The zero-order chi connectivity index (χ0) is 23.2. The van der Waals surface area contributed by atoms with Gasteiger partial charge in [0.25, 0.3) is 0 Å². The van der Waals surface area contributed by atoms with E-state index in [1.54, 1.807) is 13.8 Å². The van der Waals surface area contributed by atoms with Gasteiger partial charge in [-0.25, -0.2) is 0 Å². The van der Waals surface area contributed by atoms with E-state index in [1.165, 1.54) is 0 Å². The van der Waals surface area contributed by atoms with Crippen molar-refractivity contribution in [1.29, 1.82) is 0 Å². The van der Waals surface area contributed by atoms with Crippen LogP contribution in [0.3, 0.4) is 0 Å². The summed E-state index contributed by atoms with van der Waals surface area (Å²) in [6.07, 6.45) is 0. The minimum Gasteiger partial charge on any atom is -0.465 e. The predicted octanol–water partition coefficient (Wildman–Crippen LogP) is 5.71. The maximum atomic E-state index is 13.2. The molecule has 1 N–H and O–H groups in total. The van der Waals surface area contributed by atoms with E-state index >= 15 is 0 Å². The highest BCUT2D eigenvalue weighted by molar-refractivity contribution is 6.00. The average Bonchev–Trinajstić information content (AvgIpc) is 3.23. The number of aromatic amines is 1. The smallest absolute Gasteiger partial charge is 0.321 e. The van der Waals surface area contributed by atoms with E-state index in [1.807, 2.05) is 84.9 Å². The Hall–Kier alpha value is -3.86. The van der Waals surface area contributed by atoms with Crippen molar-refractivity contribution >= 4 is 22.8 Å². The lowest BCUT2D eigenvalue weighted by molar-refractivity contribution is -0.162. The summed E-state index contributed by atoms with van der Waals surface area (Å²) >= 11 is 0. The molecule has 4 rings (SSSR count). The number of esters is 2. The Morgan fingerprint density at radius 1 is 0.758 bits per heavy atom. The molecular weight excluding hydrogens is 414 g/mol. The summed E-state index contributed by atoms with van der Waals surface area (Å²) in [6.45, 7) is 3.82. The van der Waals surface area contributed by atoms with Crippen LogP contribution in [0.5, 0.6) is 0 Å². The first-order valence-electron chi connectivity index (χ1n) is 11.2. The van der Waals surface area contributed by atoms with Crippen molar-refractivity contribution in [3.05, 3.63) is 96.1 Å². The number of para-hydroxylation sites is 1. The highest BCUT2D eigenvalue weighted by Crippen LogP contribution is 2.43. The van der Waals surface area contributed by atoms with Gasteiger partial charge in [-0.05, 0) is 36.6 Å². The summed E-state index contributed by atoms with van der Waals surface area (Å²) in [7, 11) is 0. The summed E-state index contributed by atoms with van der Waals surface area (Å²) < 4.78 is 10.8. The molecule has 5 heteroatoms. The molecule has 1 atom stereocenters. The van der Waals surface area contributed by atoms with Gasteiger partial charge in [0.15, 0.2) is 5.92 Å². The van der Waals surface area contributed by atoms with Crippen LogP contribution in [-0.4, -0.2) is 30.1 Å². The topological polar surface area (TPSA) is 68.4 Å². The molecule has 0 saturated heterocycles. The van der Waals surface area contributed by atoms with E-state index in [2.05, 4.69) is 4.98 Å². The minimum atomic E-state index is -1.14. The third-order valence-electron chi connectivity index (χ3n) is 5.69. The fourth-order valence-corrected chi connectivity index (χ4v) is 4.34. The number of H-pyrrole nitrogens is 1. The Bertz CT molecular complexity index is 1210. The van der Waals surface area contributed by atoms with Gasteiger partial charge in [0, 0.05) is 16.8 Å². The molecule has 33 heavy (non-hydrogen) atoms. The van der Waals surface area contributed by atoms with E-state index in [4.69, 9.17) is 9.47 Å². The minimum absolute atomic E-state index is 0.176. The lowest BCUT2D eigenvalue weighted by atomic mass is 9.78. The molecule has 1 heterocycles. The van der Waals surface area contributed by atoms with Gasteiger partial charge >= 0.3 is 11.9 Å². The molecule has 0 aliphatic heterocycles. The van der Waals surface area contributed by atoms with E-state index in [9.17, 15) is 9.59 Å². The Morgan fingerprint density at radius 3 is 1.91 bits per heavy atom. The molecule has 0 bridgehead atoms. The second-order valence-electron chi connectivity index (χ2n) is 7.70. The van der Waals surface area contributed by atoms with Gasteiger partial charge < -0.3 is 14.5 Å². The largest absolute Gasteiger partial charge is 0.465 e. The molecule has 0 fully saturated rings. The summed E-state index contributed by atoms with van der Waals surface area (Å²) in [6, 6.07) is 27.5. The first kappa shape index (κ1) is 22.3. The van der Waals surface area contributed by atoms with Crippen molar-refractivity contribution in [3.8, 4) is 11.3 Å². The number of aromatic nitrogens is 1. The van der Waals surface area contributed by atoms with Gasteiger partial charge in [-0.3, -0.25) is 9.59 Å². The number of ether oxygens (including phenoxy) is 2. The first-order chi connectivity index (χ1) is 16.2. The standard InChI is InChI=1S/C28H27NO4/c1-3-32-27(30)25(28(31)33-4-2)23(19-13-7-5-8-14-19)24-21-17-11-12-18-22(21)29-26(24)20-15-9-6-10-16-20/h5-18,23,25,29H,3-4H2,1-2H3. The normalized spacial score (nSPS) is 12.0. The van der Waals surface area contributed by atoms with Gasteiger partial charge in [0.1, 0.15) is 0 Å². The maximum absolute atomic E-state index is 13.2. The Labute approximate surface area is 193 Å². The zero-order valence-corrected chi connectivity index (χ0v) is 18.8. The molecule has 1 aromatic heterocycles. The maximum Gasteiger partial charge on any atom is 0.321 e. The van der Waals surface area contributed by atoms with Crippen LogP contribution >= 0.6 is 0 Å². The van der Waals surface area contributed by atoms with Crippen LogP contribution in [0.4, 0.5) is 0 Å². The summed E-state index contributed by atoms with van der Waals surface area (Å²) in [5.74, 6) is -2.92. The highest BCUT2D eigenvalue weighted by Gasteiger charge is 2.41. The van der Waals surface area contributed by atoms with Crippen LogP contribution in [-0.2, 0) is 19.1 Å². The fourth-order valence-electron chi connectivity index (χ4n) is 4.34. The van der Waals surface area contributed by atoms with Crippen molar-refractivity contribution in [1.82, 2.24) is 4.98 Å². The first-order valence-corrected chi connectivity index (χ1v) is 11.2. The second-order valence-corrected chi connectivity index (χ2v) is 7.70. The van der Waals surface area contributed by atoms with Crippen molar-refractivity contribution in [2.75, 3.05) is 13.2 Å². The molecule has 0 spiro atoms. The molecule has 0 radical (unpaired) electrons. The Morgan fingerprint density at radius 2 is 1.30 bits per heavy atom. The molecule has 0 amide bonds. The van der Waals surface area contributed by atoms with E-state index in [0.29, 0.717) is 0 Å². The fraction of sp³-hybridized carbons (Fsp3) is 0.214. The van der Waals surface area contributed by atoms with Crippen LogP contribution in [0, 0.1) is 5.92 Å². The van der Waals surface area contributed by atoms with Gasteiger partial charge in [-0.15, -0.1) is 0 Å². The van der Waals surface area contributed by atoms with Crippen molar-refractivity contribution in [2.24, 2.45) is 5.92 Å². The number of hydrogen-bond donors (Lipinski definition) is 1. The molecule has 3 aromatic carbocycles. The van der Waals surface area contributed by atoms with Gasteiger partial charge in [0.05, 0.1) is 18.9 Å². The molecule has 168 valence electrons. The third-order valence-corrected chi connectivity index (χ3v) is 5.69. The summed E-state index contributed by atoms with van der Waals surface area (Å²) in [5.41, 5.74) is 4.47. The highest BCUT2D eigenvalue weighted by atomic mass is 16.6. The van der Waals surface area contributed by atoms with Crippen molar-refractivity contribution < 1.29 is 19.1 Å². The Kier molecular flexibility index (Phi) is 6.89. The lowest BCUT2D eigenvalue weighted by Crippen LogP contribution is -2.34. The monoisotopic (exact) mass is 441 g/mol. The summed E-state index contributed by atoms with van der Waals surface area (Å²) in [5, 5.41) is 0.948. The molecule has 0 aliphatic carbocycles. The predicted molar refractivity (Wildman–Crippen MR) is 129 cm³/mol. The molecular formula is C28H27NO4. The number of carbonyl (C=O) groups is 2. The molecule has 0 saturated carbocycles. The number of fused-ring (bicyclic) bond motifs is 1. The molecule has 0 aliphatic rings. The SMILES string of the molecule is CCOC(=O)C(C(=O)OCC)C(c1ccccc1)c1c(-c2ccccc2)[nH]c2ccccc12. The van der Waals surface area contributed by atoms with Gasteiger partial charge in [-0.1, -0.05) is 78.9 Å². The van der Waals surface area contributed by atoms with Crippen molar-refractivity contribution in [2.45, 2.75) is 19.8 Å². The van der Waals surface area contributed by atoms with Gasteiger partial charge in [0.2, 0.25) is 0 Å². The number of rotatable bonds is 8. The van der Waals surface area contributed by atoms with Crippen LogP contribution in [0.1, 0.15) is 30.9 Å². The zero-order valence-electron chi connectivity index (χ0n) is 18.8. The van der Waals surface area contributed by atoms with E-state index < -0.39 is 23.8 Å². The van der Waals surface area contributed by atoms with Crippen molar-refractivity contribution in [3.63, 3.8) is 0 Å². The average molecular weight is 442 g/mol. The second kappa shape index (κ2) is 10.2. The molecule has 1 unspecified atom stereocenters. The van der Waals surface area contributed by atoms with Crippen LogP contribution in [0.15, 0.2) is 84.9 Å². The van der Waals surface area contributed by atoms with E-state index in [-0.39, 0.29) is 13.2 Å². The third kappa shape index (κ3) is 4.53. The lowest BCUT2D eigenvalue weighted by Gasteiger charge is -2.26. The number of hydrogen-bond acceptors (Lipinski definition) is 4. The number of benzene rings is 3. The molecule has 4 aromatic rings. The molecule has 5 nitrogen and oxygen atoms in total. The van der Waals surface area contributed by atoms with Crippen LogP contribution in [0.25, 0.3) is 22.2 Å². The number of carbonyl (C=O) groups excluding carboxylic acids is 2. The van der Waals surface area contributed by atoms with Crippen LogP contribution < -0.4 is 0 Å². The van der Waals surface area contributed by atoms with Gasteiger partial charge in [-0.2, -0.15) is 0 Å².